The summed E-state index contributed by atoms with van der Waals surface area (Å²) in [5.74, 6) is -5.76. The molecule has 3 fully saturated rings. The number of allylic oxidation sites excluding steroid dienone is 2. The van der Waals surface area contributed by atoms with Crippen LogP contribution in [0.5, 0.6) is 5.75 Å². The molecule has 2 aliphatic carbocycles. The predicted molar refractivity (Wildman–Crippen MR) is 220 cm³/mol. The van der Waals surface area contributed by atoms with Crippen molar-refractivity contribution in [1.82, 2.24) is 9.78 Å². The molecule has 12 nitrogen and oxygen atoms in total. The largest absolute Gasteiger partial charge is 0.507 e. The van der Waals surface area contributed by atoms with Crippen LogP contribution in [0.4, 0.5) is 17.2 Å². The predicted octanol–water partition coefficient (Wildman–Crippen LogP) is 8.47. The lowest BCUT2D eigenvalue weighted by Crippen LogP contribution is -2.49. The quantitative estimate of drug-likeness (QED) is 0.0787. The lowest BCUT2D eigenvalue weighted by molar-refractivity contribution is -0.384. The van der Waals surface area contributed by atoms with Crippen LogP contribution in [0.3, 0.4) is 0 Å². The topological polar surface area (TPSA) is 156 Å². The minimum Gasteiger partial charge on any atom is -0.507 e. The monoisotopic (exact) mass is 811 g/mol. The number of nitro groups is 1. The summed E-state index contributed by atoms with van der Waals surface area (Å²) in [6.45, 7) is 3.76. The summed E-state index contributed by atoms with van der Waals surface area (Å²) in [5.41, 5.74) is 1.15. The number of non-ortho nitro benzene ring substituents is 1. The number of hydrogen-bond donors (Lipinski definition) is 1. The van der Waals surface area contributed by atoms with E-state index in [9.17, 15) is 24.8 Å². The van der Waals surface area contributed by atoms with E-state index in [1.807, 2.05) is 55.5 Å². The van der Waals surface area contributed by atoms with Crippen molar-refractivity contribution < 1.29 is 29.2 Å². The summed E-state index contributed by atoms with van der Waals surface area (Å²) in [6.07, 6.45) is 2.18. The molecule has 2 aliphatic heterocycles. The Balaban J connectivity index is 1.11. The van der Waals surface area contributed by atoms with E-state index in [4.69, 9.17) is 16.7 Å². The summed E-state index contributed by atoms with van der Waals surface area (Å²) in [4.78, 5) is 73.1. The van der Waals surface area contributed by atoms with Crippen LogP contribution in [0.2, 0.25) is 5.02 Å². The molecule has 4 amide bonds. The number of aromatic nitrogens is 2. The number of phenols is 1. The van der Waals surface area contributed by atoms with Crippen molar-refractivity contribution in [2.75, 3.05) is 9.80 Å². The number of aromatic hydroxyl groups is 1. The van der Waals surface area contributed by atoms with E-state index in [0.29, 0.717) is 27.2 Å². The number of amides is 4. The molecule has 10 rings (SSSR count). The molecule has 58 heavy (non-hydrogen) atoms. The summed E-state index contributed by atoms with van der Waals surface area (Å²) < 4.78 is 2.55. The highest BCUT2D eigenvalue weighted by Crippen LogP contribution is 2.65. The van der Waals surface area contributed by atoms with Crippen LogP contribution in [0.15, 0.2) is 96.6 Å². The van der Waals surface area contributed by atoms with Gasteiger partial charge in [-0.1, -0.05) is 65.7 Å². The molecule has 6 atom stereocenters. The molecule has 0 spiro atoms. The van der Waals surface area contributed by atoms with Gasteiger partial charge in [-0.3, -0.25) is 34.0 Å². The maximum Gasteiger partial charge on any atom is 0.271 e. The number of hydrogen-bond acceptors (Lipinski definition) is 9. The molecule has 2 saturated heterocycles. The van der Waals surface area contributed by atoms with E-state index in [2.05, 4.69) is 0 Å². The van der Waals surface area contributed by atoms with E-state index in [-0.39, 0.29) is 35.8 Å². The van der Waals surface area contributed by atoms with Crippen LogP contribution in [0, 0.1) is 46.1 Å². The van der Waals surface area contributed by atoms with Crippen molar-refractivity contribution in [3.63, 3.8) is 0 Å². The fourth-order valence-electron chi connectivity index (χ4n) is 10.3. The zero-order valence-corrected chi connectivity index (χ0v) is 33.0. The number of fused-ring (bicyclic) bond motifs is 6. The molecule has 4 aromatic carbocycles. The van der Waals surface area contributed by atoms with E-state index in [1.165, 1.54) is 45.2 Å². The second-order valence-corrected chi connectivity index (χ2v) is 17.4. The van der Waals surface area contributed by atoms with Gasteiger partial charge in [0, 0.05) is 51.8 Å². The number of aryl methyl sites for hydroxylation is 2. The van der Waals surface area contributed by atoms with E-state index in [1.54, 1.807) is 32.2 Å². The molecule has 4 aliphatic rings. The lowest BCUT2D eigenvalue weighted by Gasteiger charge is -2.49. The molecule has 0 bridgehead atoms. The number of anilines is 2. The summed E-state index contributed by atoms with van der Waals surface area (Å²) in [6, 6.07) is 23.9. The lowest BCUT2D eigenvalue weighted by atomic mass is 9.51. The van der Waals surface area contributed by atoms with E-state index in [0.717, 1.165) is 30.8 Å². The van der Waals surface area contributed by atoms with Crippen molar-refractivity contribution in [2.45, 2.75) is 32.6 Å². The van der Waals surface area contributed by atoms with Crippen LogP contribution in [-0.4, -0.2) is 43.4 Å². The Morgan fingerprint density at radius 1 is 0.914 bits per heavy atom. The highest BCUT2D eigenvalue weighted by Gasteiger charge is 2.68. The standard InChI is InChI=1S/C44H34ClN5O7S/c1-21-30-17-23(45)12-16-34(30)58-39(21)33-20-35(47(3)46-33)49-41(53)32-19-31-27(37(44(32,2)43(49)55)29-13-11-22-7-4-5-10-26(22)38(29)51)14-15-28-36(31)42(54)48(40(28)52)24-8-6-9-25(18-24)50(56)57/h4-14,16-18,20,28,31-32,36-37,51H,15,19H2,1-3H3. The van der Waals surface area contributed by atoms with Gasteiger partial charge in [-0.25, -0.2) is 9.80 Å². The first-order valence-corrected chi connectivity index (χ1v) is 20.1. The van der Waals surface area contributed by atoms with Gasteiger partial charge in [0.2, 0.25) is 23.6 Å². The number of rotatable bonds is 5. The molecule has 1 saturated carbocycles. The van der Waals surface area contributed by atoms with Crippen molar-refractivity contribution in [1.29, 1.82) is 0 Å². The van der Waals surface area contributed by atoms with Gasteiger partial charge in [0.05, 0.1) is 38.7 Å². The maximum absolute atomic E-state index is 15.3. The van der Waals surface area contributed by atoms with Gasteiger partial charge in [-0.05, 0) is 73.2 Å². The molecular formula is C44H34ClN5O7S. The van der Waals surface area contributed by atoms with Gasteiger partial charge in [0.25, 0.3) is 5.69 Å². The summed E-state index contributed by atoms with van der Waals surface area (Å²) in [7, 11) is 1.69. The summed E-state index contributed by atoms with van der Waals surface area (Å²) >= 11 is 7.87. The molecule has 290 valence electrons. The van der Waals surface area contributed by atoms with Gasteiger partial charge in [0.15, 0.2) is 0 Å². The van der Waals surface area contributed by atoms with Gasteiger partial charge in [-0.15, -0.1) is 11.3 Å². The Bertz CT molecular complexity index is 2900. The van der Waals surface area contributed by atoms with Gasteiger partial charge in [0.1, 0.15) is 17.3 Å². The molecule has 1 N–H and O–H groups in total. The van der Waals surface area contributed by atoms with Crippen molar-refractivity contribution >= 4 is 84.6 Å². The van der Waals surface area contributed by atoms with Crippen LogP contribution in [0.1, 0.15) is 36.8 Å². The number of thiophene rings is 1. The molecule has 4 heterocycles. The molecule has 14 heteroatoms. The Morgan fingerprint density at radius 2 is 1.71 bits per heavy atom. The Kier molecular flexibility index (Phi) is 7.90. The number of nitro benzene ring substituents is 1. The van der Waals surface area contributed by atoms with E-state index >= 15 is 9.59 Å². The number of phenolic OH excluding ortho intramolecular Hbond substituents is 1. The van der Waals surface area contributed by atoms with Crippen LogP contribution in [0.25, 0.3) is 31.4 Å². The second kappa shape index (κ2) is 12.7. The molecular weight excluding hydrogens is 778 g/mol. The zero-order valence-electron chi connectivity index (χ0n) is 31.4. The van der Waals surface area contributed by atoms with Gasteiger partial charge < -0.3 is 5.11 Å². The van der Waals surface area contributed by atoms with Crippen LogP contribution >= 0.6 is 22.9 Å². The summed E-state index contributed by atoms with van der Waals surface area (Å²) in [5, 5.41) is 31.4. The highest BCUT2D eigenvalue weighted by atomic mass is 35.5. The fraction of sp³-hybridized carbons (Fsp3) is 0.250. The molecule has 0 radical (unpaired) electrons. The van der Waals surface area contributed by atoms with Crippen LogP contribution in [-0.2, 0) is 26.2 Å². The third-order valence-electron chi connectivity index (χ3n) is 13.0. The average Bonchev–Trinajstić information content (AvgIpc) is 3.88. The molecule has 2 aromatic heterocycles. The number of imide groups is 2. The fourth-order valence-corrected chi connectivity index (χ4v) is 11.6. The first-order chi connectivity index (χ1) is 27.8. The Labute approximate surface area is 340 Å². The number of halogens is 1. The third-order valence-corrected chi connectivity index (χ3v) is 14.6. The number of carbonyl (C=O) groups excluding carboxylic acids is 4. The molecule has 6 aromatic rings. The zero-order chi connectivity index (χ0) is 40.5. The second-order valence-electron chi connectivity index (χ2n) is 15.9. The van der Waals surface area contributed by atoms with Gasteiger partial charge >= 0.3 is 0 Å². The Hall–Kier alpha value is -6.18. The minimum absolute atomic E-state index is 0.0272. The van der Waals surface area contributed by atoms with Crippen LogP contribution < -0.4 is 9.80 Å². The normalized spacial score (nSPS) is 25.4. The smallest absolute Gasteiger partial charge is 0.271 e. The average molecular weight is 812 g/mol. The SMILES string of the molecule is Cc1c(-c2cc(N3C(=O)C4CC5C(=CCC6C(=O)N(c7cccc([N+](=O)[O-])c7)C(=O)C65)C(c5ccc6ccccc6c5O)C4(C)C3=O)n(C)n2)sc2ccc(Cl)cc12. The van der Waals surface area contributed by atoms with Crippen molar-refractivity contribution in [2.24, 2.45) is 36.1 Å². The first-order valence-electron chi connectivity index (χ1n) is 18.9. The number of carbonyl (C=O) groups is 4. The first kappa shape index (κ1) is 36.2. The van der Waals surface area contributed by atoms with Gasteiger partial charge in [-0.2, -0.15) is 5.10 Å². The number of benzene rings is 4. The van der Waals surface area contributed by atoms with E-state index < -0.39 is 63.6 Å². The number of nitrogens with zero attached hydrogens (tertiary/aromatic N) is 5. The van der Waals surface area contributed by atoms with Crippen molar-refractivity contribution in [3.05, 3.63) is 123 Å². The molecule has 6 unspecified atom stereocenters. The highest BCUT2D eigenvalue weighted by molar-refractivity contribution is 7.22. The van der Waals surface area contributed by atoms with Crippen molar-refractivity contribution in [3.8, 4) is 16.3 Å². The maximum atomic E-state index is 15.3. The Morgan fingerprint density at radius 3 is 2.50 bits per heavy atom. The third kappa shape index (κ3) is 4.89. The minimum atomic E-state index is -1.41.